The molecule has 0 bridgehead atoms. The number of nitrogens with zero attached hydrogens (tertiary/aromatic N) is 4. The number of nitro groups is 1. The van der Waals surface area contributed by atoms with Gasteiger partial charge in [0.25, 0.3) is 11.6 Å². The zero-order valence-electron chi connectivity index (χ0n) is 19.0. The average molecular weight is 499 g/mol. The second-order valence-electron chi connectivity index (χ2n) is 7.51. The van der Waals surface area contributed by atoms with Crippen LogP contribution in [0.15, 0.2) is 60.3 Å². The van der Waals surface area contributed by atoms with E-state index >= 15 is 0 Å². The number of thioether (sulfide) groups is 1. The number of allylic oxidation sites excluding steroid dienone is 1. The third-order valence-electron chi connectivity index (χ3n) is 4.93. The molecule has 0 unspecified atom stereocenters. The molecular weight excluding hydrogens is 475 g/mol. The van der Waals surface area contributed by atoms with Crippen LogP contribution in [0.1, 0.15) is 34.7 Å². The molecule has 12 heteroatoms. The van der Waals surface area contributed by atoms with Crippen molar-refractivity contribution in [2.24, 2.45) is 0 Å². The van der Waals surface area contributed by atoms with Crippen LogP contribution < -0.4 is 10.6 Å². The van der Waals surface area contributed by atoms with E-state index in [-0.39, 0.29) is 22.9 Å². The van der Waals surface area contributed by atoms with Gasteiger partial charge in [-0.3, -0.25) is 19.7 Å². The predicted molar refractivity (Wildman–Crippen MR) is 130 cm³/mol. The maximum absolute atomic E-state index is 13.9. The number of carbonyl (C=O) groups is 2. The van der Waals surface area contributed by atoms with E-state index in [1.54, 1.807) is 42.7 Å². The lowest BCUT2D eigenvalue weighted by molar-refractivity contribution is -0.385. The average Bonchev–Trinajstić information content (AvgIpc) is 3.22. The molecule has 2 amide bonds. The first kappa shape index (κ1) is 25.6. The zero-order chi connectivity index (χ0) is 25.5. The summed E-state index contributed by atoms with van der Waals surface area (Å²) >= 11 is 1.11. The van der Waals surface area contributed by atoms with Crippen LogP contribution in [0.5, 0.6) is 0 Å². The molecule has 3 aromatic rings. The van der Waals surface area contributed by atoms with Crippen molar-refractivity contribution in [2.75, 3.05) is 11.1 Å². The Kier molecular flexibility index (Phi) is 8.31. The maximum Gasteiger partial charge on any atom is 0.274 e. The number of nitrogens with one attached hydrogen (secondary N) is 2. The van der Waals surface area contributed by atoms with E-state index in [9.17, 15) is 24.1 Å². The summed E-state index contributed by atoms with van der Waals surface area (Å²) in [6.45, 7) is 7.34. The number of nitro benzene ring substituents is 1. The molecule has 1 atom stereocenters. The number of aromatic nitrogens is 3. The molecule has 0 aliphatic carbocycles. The highest BCUT2D eigenvalue weighted by molar-refractivity contribution is 7.99. The van der Waals surface area contributed by atoms with Crippen molar-refractivity contribution >= 4 is 35.0 Å². The Bertz CT molecular complexity index is 1280. The van der Waals surface area contributed by atoms with Gasteiger partial charge in [-0.2, -0.15) is 0 Å². The first-order valence-corrected chi connectivity index (χ1v) is 11.5. The number of anilines is 1. The minimum absolute atomic E-state index is 0.0348. The van der Waals surface area contributed by atoms with Crippen molar-refractivity contribution in [1.82, 2.24) is 20.1 Å². The molecule has 1 aromatic heterocycles. The third kappa shape index (κ3) is 6.29. The first-order valence-electron chi connectivity index (χ1n) is 10.5. The maximum atomic E-state index is 13.9. The Hall–Kier alpha value is -4.06. The predicted octanol–water partition coefficient (Wildman–Crippen LogP) is 4.04. The molecule has 0 saturated carbocycles. The normalized spacial score (nSPS) is 11.5. The van der Waals surface area contributed by atoms with Gasteiger partial charge in [0.05, 0.1) is 22.3 Å². The van der Waals surface area contributed by atoms with Crippen LogP contribution in [0, 0.1) is 22.9 Å². The number of hydrogen-bond donors (Lipinski definition) is 2. The van der Waals surface area contributed by atoms with E-state index in [4.69, 9.17) is 0 Å². The fourth-order valence-corrected chi connectivity index (χ4v) is 3.98. The minimum Gasteiger partial charge on any atom is -0.342 e. The third-order valence-corrected chi connectivity index (χ3v) is 5.90. The van der Waals surface area contributed by atoms with Crippen molar-refractivity contribution < 1.29 is 18.9 Å². The fraction of sp³-hybridized carbons (Fsp3) is 0.217. The number of rotatable bonds is 10. The summed E-state index contributed by atoms with van der Waals surface area (Å²) < 4.78 is 15.6. The monoisotopic (exact) mass is 498 g/mol. The Morgan fingerprint density at radius 1 is 1.29 bits per heavy atom. The van der Waals surface area contributed by atoms with Gasteiger partial charge in [-0.15, -0.1) is 16.8 Å². The van der Waals surface area contributed by atoms with Gasteiger partial charge in [0.15, 0.2) is 11.0 Å². The molecule has 0 fully saturated rings. The van der Waals surface area contributed by atoms with Crippen LogP contribution >= 0.6 is 11.8 Å². The van der Waals surface area contributed by atoms with Gasteiger partial charge >= 0.3 is 0 Å². The summed E-state index contributed by atoms with van der Waals surface area (Å²) in [7, 11) is 0. The molecule has 35 heavy (non-hydrogen) atoms. The molecule has 10 nitrogen and oxygen atoms in total. The van der Waals surface area contributed by atoms with Gasteiger partial charge in [0.2, 0.25) is 5.91 Å². The largest absolute Gasteiger partial charge is 0.342 e. The quantitative estimate of drug-likeness (QED) is 0.187. The van der Waals surface area contributed by atoms with Crippen LogP contribution in [-0.2, 0) is 11.3 Å². The van der Waals surface area contributed by atoms with Gasteiger partial charge in [-0.05, 0) is 32.0 Å². The molecule has 2 N–H and O–H groups in total. The number of hydrogen-bond acceptors (Lipinski definition) is 7. The molecule has 0 aliphatic heterocycles. The lowest BCUT2D eigenvalue weighted by atomic mass is 10.2. The summed E-state index contributed by atoms with van der Waals surface area (Å²) in [5.41, 5.74) is 0.628. The summed E-state index contributed by atoms with van der Waals surface area (Å²) in [6.07, 6.45) is 1.62. The van der Waals surface area contributed by atoms with Crippen LogP contribution in [0.2, 0.25) is 0 Å². The molecule has 0 saturated heterocycles. The van der Waals surface area contributed by atoms with Gasteiger partial charge in [-0.1, -0.05) is 36.0 Å². The van der Waals surface area contributed by atoms with E-state index in [0.29, 0.717) is 28.8 Å². The van der Waals surface area contributed by atoms with Crippen molar-refractivity contribution in [1.29, 1.82) is 0 Å². The second-order valence-corrected chi connectivity index (χ2v) is 8.45. The van der Waals surface area contributed by atoms with Gasteiger partial charge in [0, 0.05) is 23.9 Å². The second kappa shape index (κ2) is 11.4. The number of aryl methyl sites for hydroxylation is 1. The standard InChI is InChI=1S/C23H23FN6O4S/c1-4-11-29-21(15(3)25-22(32)17-7-5-6-8-18(17)24)27-28-23(29)35-13-20(31)26-16-10-9-14(2)19(12-16)30(33)34/h4-10,12,15H,1,11,13H2,2-3H3,(H,25,32)(H,26,31)/t15-/m1/s1. The van der Waals surface area contributed by atoms with Gasteiger partial charge < -0.3 is 15.2 Å². The topological polar surface area (TPSA) is 132 Å². The van der Waals surface area contributed by atoms with E-state index in [0.717, 1.165) is 11.8 Å². The summed E-state index contributed by atoms with van der Waals surface area (Å²) in [5.74, 6) is -1.24. The van der Waals surface area contributed by atoms with Crippen molar-refractivity contribution in [2.45, 2.75) is 31.6 Å². The highest BCUT2D eigenvalue weighted by atomic mass is 32.2. The van der Waals surface area contributed by atoms with Gasteiger partial charge in [-0.25, -0.2) is 4.39 Å². The lowest BCUT2D eigenvalue weighted by Crippen LogP contribution is -2.29. The van der Waals surface area contributed by atoms with E-state index in [1.165, 1.54) is 24.3 Å². The van der Waals surface area contributed by atoms with Crippen LogP contribution in [0.4, 0.5) is 15.8 Å². The molecule has 0 aliphatic rings. The Morgan fingerprint density at radius 2 is 2.03 bits per heavy atom. The van der Waals surface area contributed by atoms with E-state index in [1.807, 2.05) is 0 Å². The highest BCUT2D eigenvalue weighted by Gasteiger charge is 2.22. The lowest BCUT2D eigenvalue weighted by Gasteiger charge is -2.15. The van der Waals surface area contributed by atoms with Crippen molar-refractivity contribution in [3.8, 4) is 0 Å². The summed E-state index contributed by atoms with van der Waals surface area (Å²) in [4.78, 5) is 35.5. The number of amides is 2. The van der Waals surface area contributed by atoms with Crippen LogP contribution in [0.25, 0.3) is 0 Å². The molecule has 2 aromatic carbocycles. The molecule has 182 valence electrons. The van der Waals surface area contributed by atoms with E-state index < -0.39 is 22.7 Å². The Balaban J connectivity index is 1.68. The molecular formula is C23H23FN6O4S. The fourth-order valence-electron chi connectivity index (χ4n) is 3.22. The van der Waals surface area contributed by atoms with Crippen LogP contribution in [0.3, 0.4) is 0 Å². The molecule has 3 rings (SSSR count). The van der Waals surface area contributed by atoms with E-state index in [2.05, 4.69) is 27.4 Å². The van der Waals surface area contributed by atoms with Crippen LogP contribution in [-0.4, -0.2) is 37.3 Å². The van der Waals surface area contributed by atoms with Crippen molar-refractivity contribution in [3.63, 3.8) is 0 Å². The molecule has 0 spiro atoms. The molecule has 0 radical (unpaired) electrons. The number of carbonyl (C=O) groups excluding carboxylic acids is 2. The van der Waals surface area contributed by atoms with Crippen molar-refractivity contribution in [3.05, 3.63) is 88.0 Å². The first-order chi connectivity index (χ1) is 16.7. The highest BCUT2D eigenvalue weighted by Crippen LogP contribution is 2.24. The Labute approximate surface area is 204 Å². The minimum atomic E-state index is -0.633. The zero-order valence-corrected chi connectivity index (χ0v) is 19.8. The SMILES string of the molecule is C=CCn1c(SCC(=O)Nc2ccc(C)c([N+](=O)[O-])c2)nnc1[C@@H](C)NC(=O)c1ccccc1F. The summed E-state index contributed by atoms with van der Waals surface area (Å²) in [6, 6.07) is 9.49. The number of benzene rings is 2. The van der Waals surface area contributed by atoms with Gasteiger partial charge in [0.1, 0.15) is 5.82 Å². The number of halogens is 1. The Morgan fingerprint density at radius 3 is 2.71 bits per heavy atom. The molecule has 1 heterocycles. The smallest absolute Gasteiger partial charge is 0.274 e. The summed E-state index contributed by atoms with van der Waals surface area (Å²) in [5, 5.41) is 25.1.